The molecule has 0 N–H and O–H groups in total. The van der Waals surface area contributed by atoms with Gasteiger partial charge in [-0.1, -0.05) is 18.2 Å². The van der Waals surface area contributed by atoms with Crippen LogP contribution in [-0.2, 0) is 19.7 Å². The maximum Gasteiger partial charge on any atom is 0.275 e. The minimum absolute atomic E-state index is 0.168. The molecule has 2 aromatic heterocycles. The lowest BCUT2D eigenvalue weighted by molar-refractivity contribution is 0.0774. The van der Waals surface area contributed by atoms with Crippen molar-refractivity contribution in [2.24, 2.45) is 0 Å². The van der Waals surface area contributed by atoms with Crippen LogP contribution in [0, 0.1) is 0 Å². The molecular weight excluding hydrogens is 320 g/mol. The third-order valence-corrected chi connectivity index (χ3v) is 3.74. The zero-order chi connectivity index (χ0) is 17.6. The fourth-order valence-corrected chi connectivity index (χ4v) is 2.40. The van der Waals surface area contributed by atoms with Gasteiger partial charge >= 0.3 is 0 Å². The summed E-state index contributed by atoms with van der Waals surface area (Å²) in [7, 11) is 1.71. The van der Waals surface area contributed by atoms with Crippen molar-refractivity contribution in [1.82, 2.24) is 19.4 Å². The average molecular weight is 340 g/mol. The number of aryl methyl sites for hydroxylation is 1. The number of ether oxygens (including phenoxy) is 1. The number of para-hydroxylation sites is 1. The van der Waals surface area contributed by atoms with E-state index in [4.69, 9.17) is 9.15 Å². The number of hydrogen-bond acceptors (Lipinski definition) is 5. The monoisotopic (exact) mass is 340 g/mol. The van der Waals surface area contributed by atoms with Crippen LogP contribution in [0.4, 0.5) is 0 Å². The first-order valence-corrected chi connectivity index (χ1v) is 8.05. The molecule has 0 aliphatic heterocycles. The van der Waals surface area contributed by atoms with Gasteiger partial charge in [-0.25, -0.2) is 9.97 Å². The topological polar surface area (TPSA) is 73.4 Å². The van der Waals surface area contributed by atoms with Gasteiger partial charge in [-0.15, -0.1) is 0 Å². The molecule has 1 aromatic carbocycles. The van der Waals surface area contributed by atoms with Crippen molar-refractivity contribution in [2.75, 3.05) is 7.05 Å². The minimum Gasteiger partial charge on any atom is -0.484 e. The van der Waals surface area contributed by atoms with Gasteiger partial charge < -0.3 is 18.6 Å². The number of aromatic nitrogens is 3. The van der Waals surface area contributed by atoms with E-state index in [-0.39, 0.29) is 18.2 Å². The van der Waals surface area contributed by atoms with Gasteiger partial charge in [-0.3, -0.25) is 4.79 Å². The zero-order valence-electron chi connectivity index (χ0n) is 14.3. The lowest BCUT2D eigenvalue weighted by atomic mass is 10.3. The highest BCUT2D eigenvalue weighted by Crippen LogP contribution is 2.13. The predicted octanol–water partition coefficient (Wildman–Crippen LogP) is 2.74. The molecule has 0 spiro atoms. The summed E-state index contributed by atoms with van der Waals surface area (Å²) in [5.41, 5.74) is 0.253. The Morgan fingerprint density at radius 2 is 2.12 bits per heavy atom. The first-order chi connectivity index (χ1) is 12.2. The average Bonchev–Trinajstić information content (AvgIpc) is 3.29. The van der Waals surface area contributed by atoms with Crippen LogP contribution in [-0.4, -0.2) is 32.4 Å². The van der Waals surface area contributed by atoms with Crippen LogP contribution in [0.25, 0.3) is 0 Å². The maximum atomic E-state index is 12.5. The lowest BCUT2D eigenvalue weighted by Crippen LogP contribution is -2.28. The van der Waals surface area contributed by atoms with E-state index >= 15 is 0 Å². The fraction of sp³-hybridized carbons (Fsp3) is 0.278. The molecule has 0 aliphatic rings. The van der Waals surface area contributed by atoms with E-state index in [1.165, 1.54) is 6.26 Å². The number of amides is 1. The van der Waals surface area contributed by atoms with Gasteiger partial charge in [0.2, 0.25) is 5.89 Å². The van der Waals surface area contributed by atoms with Gasteiger partial charge in [0.05, 0.1) is 6.54 Å². The second-order valence-corrected chi connectivity index (χ2v) is 5.52. The number of imidazole rings is 1. The Kier molecular flexibility index (Phi) is 5.13. The Hall–Kier alpha value is -3.09. The van der Waals surface area contributed by atoms with Gasteiger partial charge in [0.25, 0.3) is 5.91 Å². The van der Waals surface area contributed by atoms with Crippen LogP contribution in [0.5, 0.6) is 5.75 Å². The van der Waals surface area contributed by atoms with Crippen LogP contribution >= 0.6 is 0 Å². The molecule has 0 aliphatic carbocycles. The molecule has 3 aromatic rings. The van der Waals surface area contributed by atoms with Crippen molar-refractivity contribution in [3.63, 3.8) is 0 Å². The van der Waals surface area contributed by atoms with Crippen LogP contribution in [0.1, 0.15) is 29.1 Å². The third kappa shape index (κ3) is 4.06. The second kappa shape index (κ2) is 7.65. The molecule has 130 valence electrons. The first kappa shape index (κ1) is 16.8. The quantitative estimate of drug-likeness (QED) is 0.661. The molecule has 0 saturated heterocycles. The third-order valence-electron chi connectivity index (χ3n) is 3.74. The zero-order valence-corrected chi connectivity index (χ0v) is 14.3. The van der Waals surface area contributed by atoms with E-state index in [1.807, 2.05) is 48.0 Å². The SMILES string of the molecule is CCn1ccnc1CN(C)C(=O)c1coc(COc2ccccc2)n1. The Balaban J connectivity index is 1.60. The molecule has 0 bridgehead atoms. The van der Waals surface area contributed by atoms with E-state index in [0.717, 1.165) is 18.1 Å². The Morgan fingerprint density at radius 3 is 2.88 bits per heavy atom. The summed E-state index contributed by atoms with van der Waals surface area (Å²) < 4.78 is 12.9. The molecule has 0 fully saturated rings. The number of carbonyl (C=O) groups is 1. The fourth-order valence-electron chi connectivity index (χ4n) is 2.40. The Labute approximate surface area is 145 Å². The molecule has 0 unspecified atom stereocenters. The van der Waals surface area contributed by atoms with Crippen molar-refractivity contribution in [1.29, 1.82) is 0 Å². The van der Waals surface area contributed by atoms with Gasteiger partial charge in [0.15, 0.2) is 12.3 Å². The Bertz CT molecular complexity index is 826. The summed E-state index contributed by atoms with van der Waals surface area (Å²) in [6.07, 6.45) is 4.98. The number of carbonyl (C=O) groups excluding carboxylic acids is 1. The van der Waals surface area contributed by atoms with Gasteiger partial charge in [0, 0.05) is 26.0 Å². The predicted molar refractivity (Wildman–Crippen MR) is 91.0 cm³/mol. The number of rotatable bonds is 7. The molecule has 7 heteroatoms. The highest BCUT2D eigenvalue weighted by atomic mass is 16.5. The van der Waals surface area contributed by atoms with E-state index in [2.05, 4.69) is 9.97 Å². The van der Waals surface area contributed by atoms with E-state index in [9.17, 15) is 4.79 Å². The van der Waals surface area contributed by atoms with Crippen molar-refractivity contribution in [2.45, 2.75) is 26.6 Å². The molecule has 0 saturated carbocycles. The molecule has 7 nitrogen and oxygen atoms in total. The summed E-state index contributed by atoms with van der Waals surface area (Å²) in [5, 5.41) is 0. The number of nitrogens with zero attached hydrogens (tertiary/aromatic N) is 4. The van der Waals surface area contributed by atoms with Crippen LogP contribution in [0.2, 0.25) is 0 Å². The summed E-state index contributed by atoms with van der Waals surface area (Å²) >= 11 is 0. The van der Waals surface area contributed by atoms with Gasteiger partial charge in [0.1, 0.15) is 17.8 Å². The van der Waals surface area contributed by atoms with Crippen molar-refractivity contribution in [3.8, 4) is 5.75 Å². The summed E-state index contributed by atoms with van der Waals surface area (Å²) in [6.45, 7) is 3.41. The smallest absolute Gasteiger partial charge is 0.275 e. The van der Waals surface area contributed by atoms with E-state index in [0.29, 0.717) is 12.4 Å². The number of oxazole rings is 1. The highest BCUT2D eigenvalue weighted by Gasteiger charge is 2.18. The number of benzene rings is 1. The molecule has 2 heterocycles. The van der Waals surface area contributed by atoms with Crippen molar-refractivity contribution >= 4 is 5.91 Å². The molecule has 0 radical (unpaired) electrons. The van der Waals surface area contributed by atoms with Crippen LogP contribution < -0.4 is 4.74 Å². The van der Waals surface area contributed by atoms with E-state index < -0.39 is 0 Å². The summed E-state index contributed by atoms with van der Waals surface area (Å²) in [5.74, 6) is 1.68. The van der Waals surface area contributed by atoms with Gasteiger partial charge in [-0.05, 0) is 19.1 Å². The standard InChI is InChI=1S/C18H20N4O3/c1-3-22-10-9-19-16(22)11-21(2)18(23)15-12-25-17(20-15)13-24-14-7-5-4-6-8-14/h4-10,12H,3,11,13H2,1-2H3. The molecule has 25 heavy (non-hydrogen) atoms. The Morgan fingerprint density at radius 1 is 1.32 bits per heavy atom. The largest absolute Gasteiger partial charge is 0.484 e. The summed E-state index contributed by atoms with van der Waals surface area (Å²) in [4.78, 5) is 22.5. The van der Waals surface area contributed by atoms with E-state index in [1.54, 1.807) is 18.1 Å². The molecule has 0 atom stereocenters. The van der Waals surface area contributed by atoms with Crippen LogP contribution in [0.3, 0.4) is 0 Å². The van der Waals surface area contributed by atoms with Crippen molar-refractivity contribution < 1.29 is 13.9 Å². The lowest BCUT2D eigenvalue weighted by Gasteiger charge is -2.15. The molecule has 1 amide bonds. The summed E-state index contributed by atoms with van der Waals surface area (Å²) in [6, 6.07) is 9.37. The van der Waals surface area contributed by atoms with Crippen LogP contribution in [0.15, 0.2) is 53.4 Å². The molecule has 3 rings (SSSR count). The minimum atomic E-state index is -0.222. The van der Waals surface area contributed by atoms with Gasteiger partial charge in [-0.2, -0.15) is 0 Å². The number of hydrogen-bond donors (Lipinski definition) is 0. The first-order valence-electron chi connectivity index (χ1n) is 8.05. The second-order valence-electron chi connectivity index (χ2n) is 5.52. The maximum absolute atomic E-state index is 12.5. The highest BCUT2D eigenvalue weighted by molar-refractivity contribution is 5.91. The van der Waals surface area contributed by atoms with Crippen molar-refractivity contribution in [3.05, 3.63) is 66.4 Å². The molecular formula is C18H20N4O3. The normalized spacial score (nSPS) is 10.6.